The van der Waals surface area contributed by atoms with Crippen LogP contribution in [0.25, 0.3) is 0 Å². The summed E-state index contributed by atoms with van der Waals surface area (Å²) in [4.78, 5) is 17.2. The highest BCUT2D eigenvalue weighted by Gasteiger charge is 2.42. The van der Waals surface area contributed by atoms with Crippen LogP contribution in [-0.2, 0) is 16.1 Å². The van der Waals surface area contributed by atoms with Gasteiger partial charge in [-0.2, -0.15) is 0 Å². The minimum absolute atomic E-state index is 0.0432. The predicted molar refractivity (Wildman–Crippen MR) is 95.7 cm³/mol. The molecule has 0 radical (unpaired) electrons. The van der Waals surface area contributed by atoms with Crippen LogP contribution in [0.5, 0.6) is 0 Å². The highest BCUT2D eigenvalue weighted by Crippen LogP contribution is 2.26. The lowest BCUT2D eigenvalue weighted by atomic mass is 10.1. The van der Waals surface area contributed by atoms with Crippen LogP contribution in [0.4, 0.5) is 0 Å². The standard InChI is InChI=1S/C18H24BrN3O2/c19-14-3-1-13(2-4-14)12-21-6-8-22(9-7-21)18(23)16-11-17-15(20-16)5-10-24-17/h1-4,15-17,20H,5-12H2/t15-,16-,17-/m0/s1. The molecule has 0 aliphatic carbocycles. The number of hydrogen-bond acceptors (Lipinski definition) is 4. The summed E-state index contributed by atoms with van der Waals surface area (Å²) in [7, 11) is 0. The lowest BCUT2D eigenvalue weighted by Crippen LogP contribution is -2.53. The number of amides is 1. The highest BCUT2D eigenvalue weighted by molar-refractivity contribution is 9.10. The van der Waals surface area contributed by atoms with Crippen molar-refractivity contribution in [2.24, 2.45) is 0 Å². The molecule has 5 nitrogen and oxygen atoms in total. The zero-order chi connectivity index (χ0) is 16.5. The molecule has 3 fully saturated rings. The number of nitrogens with one attached hydrogen (secondary N) is 1. The van der Waals surface area contributed by atoms with E-state index >= 15 is 0 Å². The zero-order valence-electron chi connectivity index (χ0n) is 13.8. The topological polar surface area (TPSA) is 44.8 Å². The van der Waals surface area contributed by atoms with Crippen molar-refractivity contribution in [2.75, 3.05) is 32.8 Å². The summed E-state index contributed by atoms with van der Waals surface area (Å²) in [5.74, 6) is 0.260. The maximum atomic E-state index is 12.7. The summed E-state index contributed by atoms with van der Waals surface area (Å²) in [5.41, 5.74) is 1.32. The predicted octanol–water partition coefficient (Wildman–Crippen LogP) is 1.61. The number of carbonyl (C=O) groups excluding carboxylic acids is 1. The molecule has 0 saturated carbocycles. The molecular weight excluding hydrogens is 370 g/mol. The highest BCUT2D eigenvalue weighted by atomic mass is 79.9. The van der Waals surface area contributed by atoms with E-state index in [2.05, 4.69) is 50.4 Å². The zero-order valence-corrected chi connectivity index (χ0v) is 15.4. The number of ether oxygens (including phenoxy) is 1. The third-order valence-electron chi connectivity index (χ3n) is 5.39. The van der Waals surface area contributed by atoms with Gasteiger partial charge in [0.2, 0.25) is 5.91 Å². The number of benzene rings is 1. The number of halogens is 1. The van der Waals surface area contributed by atoms with Crippen LogP contribution >= 0.6 is 15.9 Å². The van der Waals surface area contributed by atoms with Crippen molar-refractivity contribution in [2.45, 2.75) is 37.6 Å². The fourth-order valence-electron chi connectivity index (χ4n) is 4.00. The molecule has 4 rings (SSSR count). The number of rotatable bonds is 3. The van der Waals surface area contributed by atoms with Gasteiger partial charge in [-0.15, -0.1) is 0 Å². The van der Waals surface area contributed by atoms with Crippen molar-refractivity contribution in [3.63, 3.8) is 0 Å². The minimum atomic E-state index is -0.0432. The first-order chi connectivity index (χ1) is 11.7. The summed E-state index contributed by atoms with van der Waals surface area (Å²) < 4.78 is 6.80. The van der Waals surface area contributed by atoms with E-state index in [0.29, 0.717) is 6.04 Å². The first kappa shape index (κ1) is 16.5. The molecule has 0 bridgehead atoms. The average molecular weight is 394 g/mol. The third-order valence-corrected chi connectivity index (χ3v) is 5.92. The van der Waals surface area contributed by atoms with Gasteiger partial charge in [0.25, 0.3) is 0 Å². The van der Waals surface area contributed by atoms with E-state index in [1.807, 2.05) is 4.90 Å². The van der Waals surface area contributed by atoms with Gasteiger partial charge >= 0.3 is 0 Å². The van der Waals surface area contributed by atoms with E-state index in [-0.39, 0.29) is 18.1 Å². The van der Waals surface area contributed by atoms with Gasteiger partial charge in [-0.25, -0.2) is 0 Å². The molecule has 1 aromatic rings. The second-order valence-electron chi connectivity index (χ2n) is 6.99. The van der Waals surface area contributed by atoms with Gasteiger partial charge in [0.05, 0.1) is 12.1 Å². The second kappa shape index (κ2) is 7.12. The Morgan fingerprint density at radius 2 is 1.96 bits per heavy atom. The van der Waals surface area contributed by atoms with Crippen molar-refractivity contribution in [3.8, 4) is 0 Å². The molecule has 0 aromatic heterocycles. The van der Waals surface area contributed by atoms with Crippen LogP contribution in [0, 0.1) is 0 Å². The largest absolute Gasteiger partial charge is 0.376 e. The lowest BCUT2D eigenvalue weighted by molar-refractivity contribution is -0.135. The molecule has 6 heteroatoms. The molecule has 0 unspecified atom stereocenters. The Balaban J connectivity index is 1.26. The number of nitrogens with zero attached hydrogens (tertiary/aromatic N) is 2. The van der Waals surface area contributed by atoms with E-state index in [0.717, 1.165) is 56.6 Å². The normalized spacial score (nSPS) is 30.5. The van der Waals surface area contributed by atoms with Gasteiger partial charge in [0.15, 0.2) is 0 Å². The Hall–Kier alpha value is -0.950. The summed E-state index contributed by atoms with van der Waals surface area (Å²) >= 11 is 3.47. The van der Waals surface area contributed by atoms with Gasteiger partial charge in [-0.3, -0.25) is 9.69 Å². The average Bonchev–Trinajstić information content (AvgIpc) is 3.19. The van der Waals surface area contributed by atoms with Crippen LogP contribution in [0.15, 0.2) is 28.7 Å². The van der Waals surface area contributed by atoms with Crippen molar-refractivity contribution in [1.82, 2.24) is 15.1 Å². The van der Waals surface area contributed by atoms with Gasteiger partial charge in [-0.1, -0.05) is 28.1 Å². The van der Waals surface area contributed by atoms with Crippen molar-refractivity contribution < 1.29 is 9.53 Å². The summed E-state index contributed by atoms with van der Waals surface area (Å²) in [5, 5.41) is 3.47. The van der Waals surface area contributed by atoms with E-state index < -0.39 is 0 Å². The molecule has 3 heterocycles. The quantitative estimate of drug-likeness (QED) is 0.847. The first-order valence-corrected chi connectivity index (χ1v) is 9.61. The molecule has 130 valence electrons. The molecule has 3 saturated heterocycles. The smallest absolute Gasteiger partial charge is 0.239 e. The second-order valence-corrected chi connectivity index (χ2v) is 7.90. The molecule has 3 atom stereocenters. The van der Waals surface area contributed by atoms with Crippen molar-refractivity contribution in [1.29, 1.82) is 0 Å². The van der Waals surface area contributed by atoms with Crippen molar-refractivity contribution >= 4 is 21.8 Å². The molecular formula is C18H24BrN3O2. The number of piperazine rings is 1. The molecule has 1 amide bonds. The van der Waals surface area contributed by atoms with Gasteiger partial charge in [0, 0.05) is 49.8 Å². The Labute approximate surface area is 151 Å². The third kappa shape index (κ3) is 3.52. The molecule has 24 heavy (non-hydrogen) atoms. The number of fused-ring (bicyclic) bond motifs is 1. The molecule has 1 aromatic carbocycles. The maximum absolute atomic E-state index is 12.7. The fourth-order valence-corrected chi connectivity index (χ4v) is 4.26. The number of carbonyl (C=O) groups is 1. The fraction of sp³-hybridized carbons (Fsp3) is 0.611. The van der Waals surface area contributed by atoms with E-state index in [1.54, 1.807) is 0 Å². The Bertz CT molecular complexity index is 574. The summed E-state index contributed by atoms with van der Waals surface area (Å²) in [6.45, 7) is 5.32. The molecule has 3 aliphatic heterocycles. The maximum Gasteiger partial charge on any atom is 0.239 e. The van der Waals surface area contributed by atoms with Crippen LogP contribution in [0.1, 0.15) is 18.4 Å². The Kier molecular flexibility index (Phi) is 4.90. The van der Waals surface area contributed by atoms with Gasteiger partial charge in [-0.05, 0) is 30.5 Å². The van der Waals surface area contributed by atoms with Gasteiger partial charge in [0.1, 0.15) is 0 Å². The summed E-state index contributed by atoms with van der Waals surface area (Å²) in [6.07, 6.45) is 2.12. The SMILES string of the molecule is O=C([C@@H]1C[C@@H]2OCC[C@@H]2N1)N1CCN(Cc2ccc(Br)cc2)CC1. The lowest BCUT2D eigenvalue weighted by Gasteiger charge is -2.36. The van der Waals surface area contributed by atoms with E-state index in [9.17, 15) is 4.79 Å². The Morgan fingerprint density at radius 1 is 1.21 bits per heavy atom. The van der Waals surface area contributed by atoms with Gasteiger partial charge < -0.3 is 15.0 Å². The van der Waals surface area contributed by atoms with Crippen LogP contribution < -0.4 is 5.32 Å². The number of hydrogen-bond donors (Lipinski definition) is 1. The summed E-state index contributed by atoms with van der Waals surface area (Å²) in [6, 6.07) is 8.82. The first-order valence-electron chi connectivity index (χ1n) is 8.82. The van der Waals surface area contributed by atoms with E-state index in [4.69, 9.17) is 4.74 Å². The van der Waals surface area contributed by atoms with E-state index in [1.165, 1.54) is 5.56 Å². The molecule has 0 spiro atoms. The Morgan fingerprint density at radius 3 is 2.67 bits per heavy atom. The van der Waals surface area contributed by atoms with Crippen LogP contribution in [-0.4, -0.2) is 66.7 Å². The monoisotopic (exact) mass is 393 g/mol. The van der Waals surface area contributed by atoms with Crippen LogP contribution in [0.2, 0.25) is 0 Å². The molecule has 1 N–H and O–H groups in total. The van der Waals surface area contributed by atoms with Crippen molar-refractivity contribution in [3.05, 3.63) is 34.3 Å². The van der Waals surface area contributed by atoms with Crippen LogP contribution in [0.3, 0.4) is 0 Å². The minimum Gasteiger partial charge on any atom is -0.376 e. The molecule has 3 aliphatic rings.